The van der Waals surface area contributed by atoms with Crippen LogP contribution in [0.25, 0.3) is 16.9 Å². The monoisotopic (exact) mass is 809 g/mol. The number of amides is 4. The van der Waals surface area contributed by atoms with Gasteiger partial charge in [-0.15, -0.1) is 6.58 Å². The van der Waals surface area contributed by atoms with Crippen molar-refractivity contribution in [3.05, 3.63) is 106 Å². The van der Waals surface area contributed by atoms with Gasteiger partial charge in [0, 0.05) is 61.9 Å². The van der Waals surface area contributed by atoms with Gasteiger partial charge in [0.25, 0.3) is 17.4 Å². The molecule has 0 bridgehead atoms. The molecule has 0 spiro atoms. The Balaban J connectivity index is 0.771. The number of carbonyl (C=O) groups excluding carboxylic acids is 4. The molecule has 1 aliphatic carbocycles. The number of pyridine rings is 1. The number of allylic oxidation sites excluding steroid dienone is 1. The molecule has 4 aliphatic heterocycles. The molecule has 4 amide bonds. The van der Waals surface area contributed by atoms with Gasteiger partial charge in [-0.1, -0.05) is 25.1 Å². The van der Waals surface area contributed by atoms with Crippen LogP contribution in [0.2, 0.25) is 0 Å². The highest BCUT2D eigenvalue weighted by Gasteiger charge is 2.46. The Kier molecular flexibility index (Phi) is 8.91. The summed E-state index contributed by atoms with van der Waals surface area (Å²) in [4.78, 5) is 84.2. The fourth-order valence-electron chi connectivity index (χ4n) is 9.15. The van der Waals surface area contributed by atoms with Crippen LogP contribution in [0.15, 0.2) is 78.2 Å². The minimum atomic E-state index is -1.01. The molecular weight excluding hydrogens is 767 g/mol. The third-order valence-corrected chi connectivity index (χ3v) is 12.6. The Morgan fingerprint density at radius 3 is 2.52 bits per heavy atom. The van der Waals surface area contributed by atoms with E-state index in [4.69, 9.17) is 9.97 Å². The van der Waals surface area contributed by atoms with Gasteiger partial charge >= 0.3 is 0 Å². The van der Waals surface area contributed by atoms with Crippen molar-refractivity contribution in [2.45, 2.75) is 69.3 Å². The number of benzene rings is 2. The summed E-state index contributed by atoms with van der Waals surface area (Å²) in [5, 5.41) is 20.6. The summed E-state index contributed by atoms with van der Waals surface area (Å²) in [6.07, 6.45) is 5.24. The number of rotatable bonds is 11. The molecule has 0 saturated carbocycles. The Morgan fingerprint density at radius 2 is 1.77 bits per heavy atom. The lowest BCUT2D eigenvalue weighted by Crippen LogP contribution is -2.68. The first-order chi connectivity index (χ1) is 29.0. The van der Waals surface area contributed by atoms with Crippen LogP contribution in [0.5, 0.6) is 0 Å². The second-order valence-corrected chi connectivity index (χ2v) is 16.2. The highest BCUT2D eigenvalue weighted by atomic mass is 16.3. The number of hydrogen-bond donors (Lipinski definition) is 4. The normalized spacial score (nSPS) is 21.8. The molecule has 3 saturated heterocycles. The quantitative estimate of drug-likeness (QED) is 0.112. The summed E-state index contributed by atoms with van der Waals surface area (Å²) in [5.41, 5.74) is 3.72. The van der Waals surface area contributed by atoms with E-state index in [1.807, 2.05) is 43.3 Å². The van der Waals surface area contributed by atoms with E-state index < -0.39 is 35.3 Å². The molecule has 306 valence electrons. The van der Waals surface area contributed by atoms with Crippen LogP contribution in [0.3, 0.4) is 0 Å². The lowest BCUT2D eigenvalue weighted by Gasteiger charge is -2.53. The predicted molar refractivity (Wildman–Crippen MR) is 221 cm³/mol. The molecule has 4 N–H and O–H groups in total. The number of likely N-dealkylation sites (tertiary alicyclic amines) is 1. The molecule has 17 nitrogen and oxygen atoms in total. The van der Waals surface area contributed by atoms with Gasteiger partial charge in [-0.25, -0.2) is 19.3 Å². The van der Waals surface area contributed by atoms with Gasteiger partial charge in [-0.3, -0.25) is 39.1 Å². The second-order valence-electron chi connectivity index (χ2n) is 16.2. The fourth-order valence-corrected chi connectivity index (χ4v) is 9.15. The number of anilines is 4. The summed E-state index contributed by atoms with van der Waals surface area (Å²) >= 11 is 0. The zero-order valence-electron chi connectivity index (χ0n) is 32.9. The third kappa shape index (κ3) is 6.06. The first-order valence-corrected chi connectivity index (χ1v) is 20.3. The van der Waals surface area contributed by atoms with Crippen LogP contribution >= 0.6 is 0 Å². The van der Waals surface area contributed by atoms with Crippen molar-refractivity contribution in [3.8, 4) is 5.82 Å². The van der Waals surface area contributed by atoms with Crippen LogP contribution < -0.4 is 26.4 Å². The van der Waals surface area contributed by atoms with Crippen LogP contribution in [0.4, 0.5) is 23.0 Å². The maximum atomic E-state index is 13.5. The molecule has 5 aromatic rings. The fraction of sp³-hybridized carbons (Fsp3) is 0.349. The van der Waals surface area contributed by atoms with Crippen molar-refractivity contribution in [3.63, 3.8) is 0 Å². The maximum absolute atomic E-state index is 13.5. The lowest BCUT2D eigenvalue weighted by molar-refractivity contribution is -0.136. The number of fused-ring (bicyclic) bond motifs is 3. The average Bonchev–Trinajstić information content (AvgIpc) is 3.79. The molecule has 60 heavy (non-hydrogen) atoms. The number of nitrogens with one attached hydrogen (secondary N) is 3. The molecular formula is C43H43N11O6. The Hall–Kier alpha value is -6.72. The summed E-state index contributed by atoms with van der Waals surface area (Å²) in [7, 11) is 0. The minimum Gasteiger partial charge on any atom is -0.384 e. The van der Waals surface area contributed by atoms with E-state index in [1.54, 1.807) is 29.0 Å². The van der Waals surface area contributed by atoms with E-state index in [0.29, 0.717) is 53.1 Å². The van der Waals surface area contributed by atoms with Crippen molar-refractivity contribution < 1.29 is 24.3 Å². The van der Waals surface area contributed by atoms with Gasteiger partial charge in [-0.2, -0.15) is 4.98 Å². The lowest BCUT2D eigenvalue weighted by atomic mass is 9.98. The zero-order valence-corrected chi connectivity index (χ0v) is 32.9. The van der Waals surface area contributed by atoms with Crippen molar-refractivity contribution in [1.82, 2.24) is 39.4 Å². The Morgan fingerprint density at radius 1 is 0.967 bits per heavy atom. The van der Waals surface area contributed by atoms with E-state index in [9.17, 15) is 29.1 Å². The van der Waals surface area contributed by atoms with E-state index in [0.717, 1.165) is 54.4 Å². The molecule has 10 rings (SSSR count). The third-order valence-electron chi connectivity index (χ3n) is 12.6. The summed E-state index contributed by atoms with van der Waals surface area (Å²) in [6, 6.07) is 16.4. The van der Waals surface area contributed by atoms with Gasteiger partial charge < -0.3 is 20.6 Å². The van der Waals surface area contributed by atoms with Gasteiger partial charge in [0.1, 0.15) is 17.0 Å². The molecule has 0 radical (unpaired) electrons. The molecule has 3 aromatic heterocycles. The van der Waals surface area contributed by atoms with E-state index in [1.165, 1.54) is 10.9 Å². The number of piperidine rings is 1. The molecule has 2 atom stereocenters. The summed E-state index contributed by atoms with van der Waals surface area (Å²) < 4.78 is 3.20. The number of aromatic nitrogens is 5. The van der Waals surface area contributed by atoms with Gasteiger partial charge in [0.15, 0.2) is 11.5 Å². The van der Waals surface area contributed by atoms with Gasteiger partial charge in [0.2, 0.25) is 17.8 Å². The number of aliphatic hydroxyl groups is 1. The molecule has 3 fully saturated rings. The SMILES string of the molecule is C=CCn1c(=O)c2cnc(Nc3ccc(N4CC(N5CC(Nc6cccc7c6C(=O)N(C6CCC(=O)NC6=O)C7=O)C5)C4)cc3)nc2n1-c1ccc2c(n1)[C@@](O)(CC)CC2. The van der Waals surface area contributed by atoms with Crippen LogP contribution in [-0.2, 0) is 28.2 Å². The largest absolute Gasteiger partial charge is 0.384 e. The van der Waals surface area contributed by atoms with Crippen molar-refractivity contribution in [2.24, 2.45) is 0 Å². The smallest absolute Gasteiger partial charge is 0.278 e. The molecule has 5 aliphatic rings. The first kappa shape index (κ1) is 37.5. The van der Waals surface area contributed by atoms with E-state index >= 15 is 0 Å². The van der Waals surface area contributed by atoms with Gasteiger partial charge in [-0.05, 0) is 73.7 Å². The Labute approximate surface area is 343 Å². The van der Waals surface area contributed by atoms with Gasteiger partial charge in [0.05, 0.1) is 29.4 Å². The predicted octanol–water partition coefficient (Wildman–Crippen LogP) is 2.84. The molecule has 1 unspecified atom stereocenters. The van der Waals surface area contributed by atoms with Crippen molar-refractivity contribution in [1.29, 1.82) is 0 Å². The summed E-state index contributed by atoms with van der Waals surface area (Å²) in [6.45, 7) is 9.30. The van der Waals surface area contributed by atoms with Crippen LogP contribution in [0, 0.1) is 0 Å². The van der Waals surface area contributed by atoms with Crippen molar-refractivity contribution in [2.75, 3.05) is 41.7 Å². The minimum absolute atomic E-state index is 0.0718. The number of hydrogen-bond acceptors (Lipinski definition) is 13. The highest BCUT2D eigenvalue weighted by Crippen LogP contribution is 2.39. The standard InChI is InChI=1S/C43H43N11O6/c1-3-18-52-39(57)30-19-44-42(49-37(30)54(52)33-14-8-24-16-17-43(60,4-2)36(24)47-33)46-25-9-11-27(12-10-25)51-22-28(23-51)50-20-26(21-50)45-31-7-5-6-29-35(31)41(59)53(40(29)58)32-13-15-34(55)48-38(32)56/h3,5-12,14,19,26,28,32,45,60H,1,4,13,15-18,20-23H2,2H3,(H,44,46,49)(H,48,55,56)/t32?,43-/m1/s1. The molecule has 17 heteroatoms. The zero-order chi connectivity index (χ0) is 41.4. The van der Waals surface area contributed by atoms with Crippen molar-refractivity contribution >= 4 is 57.7 Å². The highest BCUT2D eigenvalue weighted by molar-refractivity contribution is 6.25. The topological polar surface area (TPSA) is 200 Å². The number of aryl methyl sites for hydroxylation is 1. The Bertz CT molecular complexity index is 2700. The van der Waals surface area contributed by atoms with Crippen LogP contribution in [0.1, 0.15) is 64.6 Å². The second kappa shape index (κ2) is 14.2. The summed E-state index contributed by atoms with van der Waals surface area (Å²) in [5.74, 6) is -1.27. The van der Waals surface area contributed by atoms with E-state index in [-0.39, 0.29) is 42.1 Å². The number of carbonyl (C=O) groups is 4. The molecule has 2 aromatic carbocycles. The first-order valence-electron chi connectivity index (χ1n) is 20.3. The number of imide groups is 2. The van der Waals surface area contributed by atoms with Crippen LogP contribution in [-0.4, -0.2) is 107 Å². The maximum Gasteiger partial charge on any atom is 0.278 e. The average molecular weight is 810 g/mol. The molecule has 7 heterocycles. The van der Waals surface area contributed by atoms with E-state index in [2.05, 4.69) is 37.3 Å². The number of nitrogens with zero attached hydrogens (tertiary/aromatic N) is 8.